The van der Waals surface area contributed by atoms with Crippen molar-refractivity contribution >= 4 is 27.3 Å². The van der Waals surface area contributed by atoms with Crippen LogP contribution in [0.15, 0.2) is 71.6 Å². The minimum atomic E-state index is -3.82. The summed E-state index contributed by atoms with van der Waals surface area (Å²) in [5.74, 6) is 0.0388. The lowest BCUT2D eigenvalue weighted by Gasteiger charge is -2.19. The standard InChI is InChI=1S/C25H28N2O4S/c1-17-15-22(27-32(29,30)20-13-11-19(12-14-20)25(2,3)4)23(31-5)16-21(17)26-24(28)18-9-7-6-8-10-18/h6-16,27H,1-5H3,(H,26,28). The number of carbonyl (C=O) groups is 1. The summed E-state index contributed by atoms with van der Waals surface area (Å²) in [4.78, 5) is 12.7. The molecule has 3 rings (SSSR count). The molecule has 0 bridgehead atoms. The number of amides is 1. The van der Waals surface area contributed by atoms with Crippen LogP contribution in [0, 0.1) is 6.92 Å². The Hall–Kier alpha value is -3.32. The number of hydrogen-bond acceptors (Lipinski definition) is 4. The van der Waals surface area contributed by atoms with E-state index in [0.717, 1.165) is 5.56 Å². The highest BCUT2D eigenvalue weighted by molar-refractivity contribution is 7.92. The van der Waals surface area contributed by atoms with Gasteiger partial charge in [-0.15, -0.1) is 0 Å². The van der Waals surface area contributed by atoms with E-state index in [1.807, 2.05) is 18.2 Å². The number of hydrogen-bond donors (Lipinski definition) is 2. The van der Waals surface area contributed by atoms with Crippen LogP contribution in [0.2, 0.25) is 0 Å². The van der Waals surface area contributed by atoms with Crippen LogP contribution in [0.3, 0.4) is 0 Å². The van der Waals surface area contributed by atoms with Crippen LogP contribution in [0.1, 0.15) is 42.3 Å². The van der Waals surface area contributed by atoms with Gasteiger partial charge in [0, 0.05) is 17.3 Å². The third kappa shape index (κ3) is 5.29. The molecule has 0 aliphatic carbocycles. The first-order valence-corrected chi connectivity index (χ1v) is 11.7. The number of benzene rings is 3. The molecule has 7 heteroatoms. The van der Waals surface area contributed by atoms with Gasteiger partial charge in [-0.25, -0.2) is 8.42 Å². The molecule has 32 heavy (non-hydrogen) atoms. The molecule has 168 valence electrons. The zero-order valence-corrected chi connectivity index (χ0v) is 19.7. The molecule has 0 fully saturated rings. The molecule has 0 unspecified atom stereocenters. The Bertz CT molecular complexity index is 1210. The predicted molar refractivity (Wildman–Crippen MR) is 128 cm³/mol. The number of methoxy groups -OCH3 is 1. The van der Waals surface area contributed by atoms with E-state index in [-0.39, 0.29) is 16.2 Å². The van der Waals surface area contributed by atoms with Gasteiger partial charge in [-0.1, -0.05) is 51.1 Å². The van der Waals surface area contributed by atoms with Crippen LogP contribution in [0.25, 0.3) is 0 Å². The molecule has 0 radical (unpaired) electrons. The molecule has 3 aromatic carbocycles. The van der Waals surface area contributed by atoms with E-state index in [9.17, 15) is 13.2 Å². The number of nitrogens with one attached hydrogen (secondary N) is 2. The average Bonchev–Trinajstić information content (AvgIpc) is 2.75. The summed E-state index contributed by atoms with van der Waals surface area (Å²) in [7, 11) is -2.37. The first-order chi connectivity index (χ1) is 15.0. The summed E-state index contributed by atoms with van der Waals surface area (Å²) in [5.41, 5.74) is 3.01. The quantitative estimate of drug-likeness (QED) is 0.528. The fourth-order valence-electron chi connectivity index (χ4n) is 3.19. The first-order valence-electron chi connectivity index (χ1n) is 10.2. The lowest BCUT2D eigenvalue weighted by atomic mass is 9.87. The van der Waals surface area contributed by atoms with Gasteiger partial charge < -0.3 is 10.1 Å². The molecule has 0 saturated carbocycles. The molecule has 0 spiro atoms. The third-order valence-electron chi connectivity index (χ3n) is 5.11. The zero-order chi connectivity index (χ0) is 23.5. The minimum absolute atomic E-state index is 0.0733. The molecule has 0 aromatic heterocycles. The van der Waals surface area contributed by atoms with Crippen LogP contribution in [-0.4, -0.2) is 21.4 Å². The molecular formula is C25H28N2O4S. The van der Waals surface area contributed by atoms with Gasteiger partial charge in [0.25, 0.3) is 15.9 Å². The highest BCUT2D eigenvalue weighted by atomic mass is 32.2. The molecule has 0 heterocycles. The largest absolute Gasteiger partial charge is 0.494 e. The number of anilines is 2. The number of ether oxygens (including phenoxy) is 1. The Labute approximate surface area is 189 Å². The molecule has 1 amide bonds. The maximum atomic E-state index is 13.0. The summed E-state index contributed by atoms with van der Waals surface area (Å²) < 4.78 is 33.9. The van der Waals surface area contributed by atoms with E-state index in [0.29, 0.717) is 28.3 Å². The van der Waals surface area contributed by atoms with Crippen molar-refractivity contribution in [2.45, 2.75) is 38.0 Å². The maximum absolute atomic E-state index is 13.0. The highest BCUT2D eigenvalue weighted by Gasteiger charge is 2.20. The second-order valence-corrected chi connectivity index (χ2v) is 10.2. The van der Waals surface area contributed by atoms with Crippen molar-refractivity contribution in [3.05, 3.63) is 83.4 Å². The predicted octanol–water partition coefficient (Wildman–Crippen LogP) is 5.35. The fourth-order valence-corrected chi connectivity index (χ4v) is 4.25. The van der Waals surface area contributed by atoms with Gasteiger partial charge in [-0.3, -0.25) is 9.52 Å². The molecule has 0 atom stereocenters. The summed E-state index contributed by atoms with van der Waals surface area (Å²) in [6, 6.07) is 18.9. The van der Waals surface area contributed by atoms with E-state index in [1.54, 1.807) is 55.5 Å². The monoisotopic (exact) mass is 452 g/mol. The highest BCUT2D eigenvalue weighted by Crippen LogP contribution is 2.33. The number of rotatable bonds is 6. The summed E-state index contributed by atoms with van der Waals surface area (Å²) >= 11 is 0. The van der Waals surface area contributed by atoms with Crippen LogP contribution in [-0.2, 0) is 15.4 Å². The Morgan fingerprint density at radius 1 is 0.906 bits per heavy atom. The normalized spacial score (nSPS) is 11.7. The van der Waals surface area contributed by atoms with Gasteiger partial charge in [0.2, 0.25) is 0 Å². The van der Waals surface area contributed by atoms with Gasteiger partial charge in [0.1, 0.15) is 5.75 Å². The van der Waals surface area contributed by atoms with Crippen molar-refractivity contribution in [1.82, 2.24) is 0 Å². The summed E-state index contributed by atoms with van der Waals surface area (Å²) in [5, 5.41) is 2.85. The number of sulfonamides is 1. The van der Waals surface area contributed by atoms with Crippen molar-refractivity contribution in [3.63, 3.8) is 0 Å². The molecule has 0 saturated heterocycles. The molecule has 0 aliphatic rings. The van der Waals surface area contributed by atoms with Crippen molar-refractivity contribution in [3.8, 4) is 5.75 Å². The van der Waals surface area contributed by atoms with Crippen LogP contribution < -0.4 is 14.8 Å². The van der Waals surface area contributed by atoms with Gasteiger partial charge in [-0.2, -0.15) is 0 Å². The third-order valence-corrected chi connectivity index (χ3v) is 6.49. The Morgan fingerprint density at radius 3 is 2.09 bits per heavy atom. The molecular weight excluding hydrogens is 424 g/mol. The molecule has 0 aliphatic heterocycles. The van der Waals surface area contributed by atoms with Gasteiger partial charge in [0.15, 0.2) is 0 Å². The Morgan fingerprint density at radius 2 is 1.53 bits per heavy atom. The van der Waals surface area contributed by atoms with E-state index in [2.05, 4.69) is 30.8 Å². The van der Waals surface area contributed by atoms with E-state index in [4.69, 9.17) is 4.74 Å². The lowest BCUT2D eigenvalue weighted by Crippen LogP contribution is -2.16. The van der Waals surface area contributed by atoms with E-state index >= 15 is 0 Å². The average molecular weight is 453 g/mol. The first kappa shape index (κ1) is 23.3. The lowest BCUT2D eigenvalue weighted by molar-refractivity contribution is 0.102. The maximum Gasteiger partial charge on any atom is 0.262 e. The second kappa shape index (κ2) is 9.04. The van der Waals surface area contributed by atoms with Gasteiger partial charge >= 0.3 is 0 Å². The van der Waals surface area contributed by atoms with Crippen molar-refractivity contribution in [1.29, 1.82) is 0 Å². The number of carbonyl (C=O) groups excluding carboxylic acids is 1. The minimum Gasteiger partial charge on any atom is -0.494 e. The number of aryl methyl sites for hydroxylation is 1. The van der Waals surface area contributed by atoms with Crippen LogP contribution in [0.5, 0.6) is 5.75 Å². The zero-order valence-electron chi connectivity index (χ0n) is 18.9. The van der Waals surface area contributed by atoms with Crippen LogP contribution in [0.4, 0.5) is 11.4 Å². The van der Waals surface area contributed by atoms with Crippen molar-refractivity contribution in [2.24, 2.45) is 0 Å². The smallest absolute Gasteiger partial charge is 0.262 e. The molecule has 3 aromatic rings. The van der Waals surface area contributed by atoms with E-state index in [1.165, 1.54) is 7.11 Å². The molecule has 2 N–H and O–H groups in total. The SMILES string of the molecule is COc1cc(NC(=O)c2ccccc2)c(C)cc1NS(=O)(=O)c1ccc(C(C)(C)C)cc1. The topological polar surface area (TPSA) is 84.5 Å². The fraction of sp³-hybridized carbons (Fsp3) is 0.240. The second-order valence-electron chi connectivity index (χ2n) is 8.57. The van der Waals surface area contributed by atoms with Crippen molar-refractivity contribution < 1.29 is 17.9 Å². The van der Waals surface area contributed by atoms with Gasteiger partial charge in [0.05, 0.1) is 17.7 Å². The Kier molecular flexibility index (Phi) is 6.60. The van der Waals surface area contributed by atoms with Gasteiger partial charge in [-0.05, 0) is 53.8 Å². The summed E-state index contributed by atoms with van der Waals surface area (Å²) in [6.45, 7) is 8.00. The van der Waals surface area contributed by atoms with Crippen LogP contribution >= 0.6 is 0 Å². The Balaban J connectivity index is 1.86. The summed E-state index contributed by atoms with van der Waals surface area (Å²) in [6.07, 6.45) is 0. The molecule has 6 nitrogen and oxygen atoms in total. The van der Waals surface area contributed by atoms with E-state index < -0.39 is 10.0 Å². The van der Waals surface area contributed by atoms with Crippen molar-refractivity contribution in [2.75, 3.05) is 17.1 Å².